The largest absolute Gasteiger partial charge is 0.378 e. The van der Waals surface area contributed by atoms with E-state index in [0.717, 1.165) is 28.8 Å². The lowest BCUT2D eigenvalue weighted by Gasteiger charge is -2.29. The Morgan fingerprint density at radius 3 is 2.50 bits per heavy atom. The van der Waals surface area contributed by atoms with Crippen molar-refractivity contribution in [1.29, 1.82) is 0 Å². The molecular weight excluding hydrogens is 538 g/mol. The lowest BCUT2D eigenvalue weighted by atomic mass is 10.1. The number of anilines is 1. The molecule has 1 aliphatic rings. The van der Waals surface area contributed by atoms with Crippen LogP contribution < -0.4 is 10.5 Å². The van der Waals surface area contributed by atoms with E-state index in [-0.39, 0.29) is 17.1 Å². The third kappa shape index (κ3) is 5.72. The van der Waals surface area contributed by atoms with Crippen LogP contribution in [0, 0.1) is 0 Å². The summed E-state index contributed by atoms with van der Waals surface area (Å²) in [7, 11) is 0. The maximum Gasteiger partial charge on any atom is 0.262 e. The molecule has 5 rings (SSSR count). The van der Waals surface area contributed by atoms with Crippen molar-refractivity contribution in [2.45, 2.75) is 18.1 Å². The lowest BCUT2D eigenvalue weighted by molar-refractivity contribution is 0.102. The second-order valence-electron chi connectivity index (χ2n) is 8.61. The molecule has 1 aromatic heterocycles. The predicted molar refractivity (Wildman–Crippen MR) is 148 cm³/mol. The van der Waals surface area contributed by atoms with Crippen LogP contribution in [0.4, 0.5) is 5.69 Å². The summed E-state index contributed by atoms with van der Waals surface area (Å²) < 4.78 is 8.12. The molecule has 1 fully saturated rings. The van der Waals surface area contributed by atoms with Crippen LogP contribution in [0.25, 0.3) is 10.9 Å². The molecule has 4 aromatic rings. The van der Waals surface area contributed by atoms with Crippen LogP contribution in [0.1, 0.15) is 15.9 Å². The Morgan fingerprint density at radius 2 is 1.75 bits per heavy atom. The van der Waals surface area contributed by atoms with Crippen LogP contribution in [-0.4, -0.2) is 47.4 Å². The third-order valence-corrected chi connectivity index (χ3v) is 7.75. The molecule has 0 spiro atoms. The Labute approximate surface area is 222 Å². The maximum atomic E-state index is 13.7. The van der Waals surface area contributed by atoms with Crippen molar-refractivity contribution < 1.29 is 9.53 Å². The van der Waals surface area contributed by atoms with Gasteiger partial charge in [0.1, 0.15) is 0 Å². The minimum Gasteiger partial charge on any atom is -0.378 e. The van der Waals surface area contributed by atoms with E-state index in [0.29, 0.717) is 47.8 Å². The standard InChI is InChI=1S/C28H26BrN3O3S/c29-22-8-6-21(7-9-22)26(33)19-36-28-30-25-11-10-23(31-14-16-35-17-15-31)18-24(25)27(34)32(28)13-12-20-4-2-1-3-5-20/h1-11,18H,12-17,19H2. The second-order valence-corrected chi connectivity index (χ2v) is 10.5. The number of ketones is 1. The van der Waals surface area contributed by atoms with Crippen LogP contribution in [0.15, 0.2) is 87.2 Å². The predicted octanol–water partition coefficient (Wildman–Crippen LogP) is 5.21. The van der Waals surface area contributed by atoms with E-state index in [4.69, 9.17) is 9.72 Å². The van der Waals surface area contributed by atoms with Gasteiger partial charge in [-0.05, 0) is 42.3 Å². The SMILES string of the molecule is O=C(CSc1nc2ccc(N3CCOCC3)cc2c(=O)n1CCc1ccccc1)c1ccc(Br)cc1. The molecule has 0 N–H and O–H groups in total. The molecular formula is C28H26BrN3O3S. The van der Waals surface area contributed by atoms with Gasteiger partial charge in [0.2, 0.25) is 0 Å². The van der Waals surface area contributed by atoms with Gasteiger partial charge in [-0.3, -0.25) is 14.2 Å². The maximum absolute atomic E-state index is 13.7. The summed E-state index contributed by atoms with van der Waals surface area (Å²) in [6.07, 6.45) is 0.700. The molecule has 0 bridgehead atoms. The molecule has 0 aliphatic carbocycles. The molecule has 36 heavy (non-hydrogen) atoms. The number of morpholine rings is 1. The number of nitrogens with zero attached hydrogens (tertiary/aromatic N) is 3. The van der Waals surface area contributed by atoms with E-state index < -0.39 is 0 Å². The first-order valence-corrected chi connectivity index (χ1v) is 13.7. The molecule has 0 amide bonds. The number of thioether (sulfide) groups is 1. The fraction of sp³-hybridized carbons (Fsp3) is 0.250. The normalized spacial score (nSPS) is 13.8. The Morgan fingerprint density at radius 1 is 1.00 bits per heavy atom. The average Bonchev–Trinajstić information content (AvgIpc) is 2.92. The number of carbonyl (C=O) groups is 1. The first kappa shape index (κ1) is 24.7. The van der Waals surface area contributed by atoms with Gasteiger partial charge in [-0.25, -0.2) is 4.98 Å². The second kappa shape index (κ2) is 11.4. The van der Waals surface area contributed by atoms with Gasteiger partial charge in [0, 0.05) is 35.4 Å². The van der Waals surface area contributed by atoms with E-state index in [1.54, 1.807) is 16.7 Å². The summed E-state index contributed by atoms with van der Waals surface area (Å²) in [5, 5.41) is 1.16. The molecule has 8 heteroatoms. The fourth-order valence-electron chi connectivity index (χ4n) is 4.25. The third-order valence-electron chi connectivity index (χ3n) is 6.24. The smallest absolute Gasteiger partial charge is 0.262 e. The summed E-state index contributed by atoms with van der Waals surface area (Å²) in [6.45, 7) is 3.45. The van der Waals surface area contributed by atoms with Crippen LogP contribution in [0.2, 0.25) is 0 Å². The Hall–Kier alpha value is -2.94. The summed E-state index contributed by atoms with van der Waals surface area (Å²) in [5.41, 5.74) is 3.36. The number of benzene rings is 3. The van der Waals surface area contributed by atoms with Crippen molar-refractivity contribution in [3.63, 3.8) is 0 Å². The zero-order chi connectivity index (χ0) is 24.9. The monoisotopic (exact) mass is 563 g/mol. The minimum absolute atomic E-state index is 0.000814. The zero-order valence-electron chi connectivity index (χ0n) is 19.7. The highest BCUT2D eigenvalue weighted by Gasteiger charge is 2.17. The van der Waals surface area contributed by atoms with Gasteiger partial charge in [0.05, 0.1) is 29.9 Å². The molecule has 6 nitrogen and oxygen atoms in total. The van der Waals surface area contributed by atoms with Gasteiger partial charge in [-0.2, -0.15) is 0 Å². The van der Waals surface area contributed by atoms with E-state index in [9.17, 15) is 9.59 Å². The molecule has 1 saturated heterocycles. The number of hydrogen-bond donors (Lipinski definition) is 0. The van der Waals surface area contributed by atoms with Crippen molar-refractivity contribution in [2.75, 3.05) is 37.0 Å². The van der Waals surface area contributed by atoms with E-state index in [1.165, 1.54) is 11.8 Å². The number of aryl methyl sites for hydroxylation is 1. The summed E-state index contributed by atoms with van der Waals surface area (Å²) >= 11 is 4.72. The van der Waals surface area contributed by atoms with Crippen LogP contribution in [0.5, 0.6) is 0 Å². The summed E-state index contributed by atoms with van der Waals surface area (Å²) in [6, 6.07) is 23.3. The van der Waals surface area contributed by atoms with Gasteiger partial charge in [0.25, 0.3) is 5.56 Å². The molecule has 0 radical (unpaired) electrons. The van der Waals surface area contributed by atoms with Gasteiger partial charge in [-0.15, -0.1) is 0 Å². The van der Waals surface area contributed by atoms with Crippen LogP contribution >= 0.6 is 27.7 Å². The number of hydrogen-bond acceptors (Lipinski definition) is 6. The number of ether oxygens (including phenoxy) is 1. The lowest BCUT2D eigenvalue weighted by Crippen LogP contribution is -2.36. The number of halogens is 1. The number of aromatic nitrogens is 2. The number of rotatable bonds is 8. The Kier molecular flexibility index (Phi) is 7.84. The van der Waals surface area contributed by atoms with E-state index in [1.807, 2.05) is 48.5 Å². The number of fused-ring (bicyclic) bond motifs is 1. The van der Waals surface area contributed by atoms with E-state index in [2.05, 4.69) is 33.0 Å². The first-order chi connectivity index (χ1) is 17.6. The number of Topliss-reactive ketones (excluding diaryl/α,β-unsaturated/α-hetero) is 1. The molecule has 184 valence electrons. The zero-order valence-corrected chi connectivity index (χ0v) is 22.1. The van der Waals surface area contributed by atoms with Gasteiger partial charge in [-0.1, -0.05) is 70.2 Å². The van der Waals surface area contributed by atoms with Crippen molar-refractivity contribution in [3.8, 4) is 0 Å². The number of carbonyl (C=O) groups excluding carboxylic acids is 1. The highest BCUT2D eigenvalue weighted by molar-refractivity contribution is 9.10. The van der Waals surface area contributed by atoms with Crippen LogP contribution in [-0.2, 0) is 17.7 Å². The average molecular weight is 565 g/mol. The highest BCUT2D eigenvalue weighted by Crippen LogP contribution is 2.24. The van der Waals surface area contributed by atoms with Crippen molar-refractivity contribution >= 4 is 50.1 Å². The van der Waals surface area contributed by atoms with Gasteiger partial charge in [0.15, 0.2) is 10.9 Å². The van der Waals surface area contributed by atoms with Crippen molar-refractivity contribution in [1.82, 2.24) is 9.55 Å². The van der Waals surface area contributed by atoms with E-state index >= 15 is 0 Å². The molecule has 0 unspecified atom stereocenters. The topological polar surface area (TPSA) is 64.4 Å². The molecule has 1 aliphatic heterocycles. The summed E-state index contributed by atoms with van der Waals surface area (Å²) in [5.74, 6) is 0.204. The molecule has 0 saturated carbocycles. The van der Waals surface area contributed by atoms with Gasteiger partial charge < -0.3 is 9.64 Å². The van der Waals surface area contributed by atoms with Gasteiger partial charge >= 0.3 is 0 Å². The van der Waals surface area contributed by atoms with Crippen LogP contribution in [0.3, 0.4) is 0 Å². The fourth-order valence-corrected chi connectivity index (χ4v) is 5.43. The molecule has 0 atom stereocenters. The Bertz CT molecular complexity index is 1420. The Balaban J connectivity index is 1.46. The summed E-state index contributed by atoms with van der Waals surface area (Å²) in [4.78, 5) is 33.6. The quantitative estimate of drug-likeness (QED) is 0.166. The van der Waals surface area contributed by atoms with Crippen molar-refractivity contribution in [3.05, 3.63) is 98.7 Å². The minimum atomic E-state index is -0.0790. The van der Waals surface area contributed by atoms with Crippen molar-refractivity contribution in [2.24, 2.45) is 0 Å². The molecule has 2 heterocycles. The highest BCUT2D eigenvalue weighted by atomic mass is 79.9. The first-order valence-electron chi connectivity index (χ1n) is 11.9. The molecule has 3 aromatic carbocycles.